The van der Waals surface area contributed by atoms with Crippen LogP contribution >= 0.6 is 11.6 Å². The highest BCUT2D eigenvalue weighted by Gasteiger charge is 2.35. The Morgan fingerprint density at radius 2 is 2.13 bits per heavy atom. The van der Waals surface area contributed by atoms with Gasteiger partial charge in [0.1, 0.15) is 11.5 Å². The lowest BCUT2D eigenvalue weighted by Crippen LogP contribution is -2.03. The summed E-state index contributed by atoms with van der Waals surface area (Å²) in [5.74, 6) is 3.13. The molecule has 0 saturated carbocycles. The maximum absolute atomic E-state index is 10.6. The second-order valence-corrected chi connectivity index (χ2v) is 7.17. The molecule has 1 aliphatic carbocycles. The first-order valence-electron chi connectivity index (χ1n) is 8.55. The van der Waals surface area contributed by atoms with E-state index >= 15 is 0 Å². The highest BCUT2D eigenvalue weighted by Crippen LogP contribution is 2.52. The summed E-state index contributed by atoms with van der Waals surface area (Å²) in [4.78, 5) is 0. The molecule has 0 aromatic heterocycles. The van der Waals surface area contributed by atoms with Gasteiger partial charge in [0.25, 0.3) is 0 Å². The molecule has 0 amide bonds. The van der Waals surface area contributed by atoms with Gasteiger partial charge in [-0.25, -0.2) is 0 Å². The van der Waals surface area contributed by atoms with Crippen LogP contribution in [0.15, 0.2) is 24.3 Å². The summed E-state index contributed by atoms with van der Waals surface area (Å²) in [6.45, 7) is 7.27. The molecule has 1 N–H and O–H groups in total. The molecule has 2 aromatic carbocycles. The van der Waals surface area contributed by atoms with Crippen LogP contribution in [0.2, 0.25) is 0 Å². The van der Waals surface area contributed by atoms with Gasteiger partial charge < -0.3 is 9.84 Å². The Morgan fingerprint density at radius 1 is 1.35 bits per heavy atom. The molecule has 2 nitrogen and oxygen atoms in total. The fourth-order valence-corrected chi connectivity index (χ4v) is 4.15. The maximum Gasteiger partial charge on any atom is 0.127 e. The molecule has 0 aliphatic heterocycles. The van der Waals surface area contributed by atoms with E-state index in [0.29, 0.717) is 36.0 Å². The van der Waals surface area contributed by atoms with Gasteiger partial charge in [-0.3, -0.25) is 0 Å². The standard InChI is InChI=1S/C20H25ClO2/c1-4-8-23-18-7-5-6-14-17(22)10-16-15(12(2)3)9-13(11-21)19(16)20(14)18/h5-7,10,12-13,15,22H,4,8-9,11H2,1-3H3. The van der Waals surface area contributed by atoms with Crippen LogP contribution in [0.3, 0.4) is 0 Å². The minimum absolute atomic E-state index is 0.327. The first kappa shape index (κ1) is 16.4. The van der Waals surface area contributed by atoms with Crippen LogP contribution in [0.5, 0.6) is 11.5 Å². The van der Waals surface area contributed by atoms with Gasteiger partial charge in [0.2, 0.25) is 0 Å². The first-order valence-corrected chi connectivity index (χ1v) is 9.09. The molecule has 0 bridgehead atoms. The van der Waals surface area contributed by atoms with Crippen LogP contribution in [0.4, 0.5) is 0 Å². The summed E-state index contributed by atoms with van der Waals surface area (Å²) < 4.78 is 5.98. The highest BCUT2D eigenvalue weighted by atomic mass is 35.5. The molecule has 2 unspecified atom stereocenters. The molecular formula is C20H25ClO2. The van der Waals surface area contributed by atoms with Crippen LogP contribution in [-0.2, 0) is 0 Å². The molecule has 124 valence electrons. The Hall–Kier alpha value is -1.41. The second kappa shape index (κ2) is 6.60. The number of phenolic OH excluding ortho intramolecular Hbond substituents is 1. The number of hydrogen-bond acceptors (Lipinski definition) is 2. The summed E-state index contributed by atoms with van der Waals surface area (Å²) in [6, 6.07) is 7.88. The number of aromatic hydroxyl groups is 1. The van der Waals surface area contributed by atoms with E-state index in [2.05, 4.69) is 20.8 Å². The molecule has 2 aromatic rings. The molecule has 2 atom stereocenters. The third kappa shape index (κ3) is 2.78. The van der Waals surface area contributed by atoms with Crippen LogP contribution in [-0.4, -0.2) is 17.6 Å². The van der Waals surface area contributed by atoms with Crippen molar-refractivity contribution < 1.29 is 9.84 Å². The Bertz CT molecular complexity index is 708. The topological polar surface area (TPSA) is 29.5 Å². The molecule has 0 radical (unpaired) electrons. The van der Waals surface area contributed by atoms with Crippen molar-refractivity contribution in [2.45, 2.75) is 45.4 Å². The number of ether oxygens (including phenoxy) is 1. The average molecular weight is 333 g/mol. The number of fused-ring (bicyclic) bond motifs is 3. The van der Waals surface area contributed by atoms with Crippen molar-refractivity contribution in [1.29, 1.82) is 0 Å². The lowest BCUT2D eigenvalue weighted by Gasteiger charge is -2.18. The highest BCUT2D eigenvalue weighted by molar-refractivity contribution is 6.18. The third-order valence-corrected chi connectivity index (χ3v) is 5.35. The van der Waals surface area contributed by atoms with E-state index in [1.54, 1.807) is 0 Å². The van der Waals surface area contributed by atoms with Crippen molar-refractivity contribution in [3.8, 4) is 11.5 Å². The molecule has 1 aliphatic rings. The molecule has 3 heteroatoms. The van der Waals surface area contributed by atoms with Crippen molar-refractivity contribution in [2.75, 3.05) is 12.5 Å². The van der Waals surface area contributed by atoms with E-state index in [1.807, 2.05) is 24.3 Å². The fraction of sp³-hybridized carbons (Fsp3) is 0.500. The van der Waals surface area contributed by atoms with Gasteiger partial charge in [0.15, 0.2) is 0 Å². The minimum Gasteiger partial charge on any atom is -0.507 e. The van der Waals surface area contributed by atoms with Gasteiger partial charge in [0.05, 0.1) is 6.61 Å². The number of halogens is 1. The van der Waals surface area contributed by atoms with E-state index in [9.17, 15) is 5.11 Å². The molecular weight excluding hydrogens is 308 g/mol. The van der Waals surface area contributed by atoms with Gasteiger partial charge in [-0.2, -0.15) is 0 Å². The van der Waals surface area contributed by atoms with E-state index in [0.717, 1.165) is 29.4 Å². The average Bonchev–Trinajstić information content (AvgIpc) is 2.91. The van der Waals surface area contributed by atoms with E-state index < -0.39 is 0 Å². The summed E-state index contributed by atoms with van der Waals surface area (Å²) in [7, 11) is 0. The fourth-order valence-electron chi connectivity index (χ4n) is 3.87. The van der Waals surface area contributed by atoms with Gasteiger partial charge in [-0.05, 0) is 53.9 Å². The normalized spacial score (nSPS) is 20.2. The Balaban J connectivity index is 2.28. The van der Waals surface area contributed by atoms with Crippen LogP contribution < -0.4 is 4.74 Å². The lowest BCUT2D eigenvalue weighted by molar-refractivity contribution is 0.321. The summed E-state index contributed by atoms with van der Waals surface area (Å²) in [5.41, 5.74) is 2.54. The minimum atomic E-state index is 0.327. The molecule has 0 fully saturated rings. The largest absolute Gasteiger partial charge is 0.507 e. The Labute approximate surface area is 143 Å². The second-order valence-electron chi connectivity index (χ2n) is 6.86. The predicted molar refractivity (Wildman–Crippen MR) is 97.1 cm³/mol. The molecule has 0 heterocycles. The van der Waals surface area contributed by atoms with E-state index in [1.165, 1.54) is 11.1 Å². The zero-order valence-electron chi connectivity index (χ0n) is 14.1. The number of rotatable bonds is 5. The lowest BCUT2D eigenvalue weighted by atomic mass is 9.88. The number of benzene rings is 2. The van der Waals surface area contributed by atoms with Gasteiger partial charge in [-0.15, -0.1) is 11.6 Å². The SMILES string of the molecule is CCCOc1cccc2c(O)cc3c(c12)C(CCl)CC3C(C)C. The zero-order valence-corrected chi connectivity index (χ0v) is 14.9. The van der Waals surface area contributed by atoms with Crippen molar-refractivity contribution in [3.05, 3.63) is 35.4 Å². The van der Waals surface area contributed by atoms with Crippen molar-refractivity contribution >= 4 is 22.4 Å². The molecule has 0 saturated heterocycles. The Morgan fingerprint density at radius 3 is 2.78 bits per heavy atom. The molecule has 23 heavy (non-hydrogen) atoms. The van der Waals surface area contributed by atoms with Crippen LogP contribution in [0.1, 0.15) is 56.6 Å². The van der Waals surface area contributed by atoms with E-state index in [-0.39, 0.29) is 0 Å². The number of alkyl halides is 1. The molecule has 3 rings (SSSR count). The first-order chi connectivity index (χ1) is 11.1. The Kier molecular flexibility index (Phi) is 4.72. The summed E-state index contributed by atoms with van der Waals surface area (Å²) in [6.07, 6.45) is 2.02. The third-order valence-electron chi connectivity index (χ3n) is 4.97. The van der Waals surface area contributed by atoms with E-state index in [4.69, 9.17) is 16.3 Å². The number of phenols is 1. The quantitative estimate of drug-likeness (QED) is 0.701. The van der Waals surface area contributed by atoms with Gasteiger partial charge in [-0.1, -0.05) is 32.9 Å². The monoisotopic (exact) mass is 332 g/mol. The number of hydrogen-bond donors (Lipinski definition) is 1. The van der Waals surface area contributed by atoms with Crippen molar-refractivity contribution in [2.24, 2.45) is 5.92 Å². The van der Waals surface area contributed by atoms with Crippen LogP contribution in [0, 0.1) is 5.92 Å². The van der Waals surface area contributed by atoms with Gasteiger partial charge in [0, 0.05) is 16.7 Å². The van der Waals surface area contributed by atoms with Gasteiger partial charge >= 0.3 is 0 Å². The zero-order chi connectivity index (χ0) is 16.6. The maximum atomic E-state index is 10.6. The van der Waals surface area contributed by atoms with Crippen molar-refractivity contribution in [1.82, 2.24) is 0 Å². The summed E-state index contributed by atoms with van der Waals surface area (Å²) in [5, 5.41) is 12.5. The van der Waals surface area contributed by atoms with Crippen LogP contribution in [0.25, 0.3) is 10.8 Å². The predicted octanol–water partition coefficient (Wildman–Crippen LogP) is 5.80. The van der Waals surface area contributed by atoms with Crippen molar-refractivity contribution in [3.63, 3.8) is 0 Å². The summed E-state index contributed by atoms with van der Waals surface area (Å²) >= 11 is 6.30. The smallest absolute Gasteiger partial charge is 0.127 e. The molecule has 0 spiro atoms.